The topological polar surface area (TPSA) is 36.4 Å². The van der Waals surface area contributed by atoms with E-state index in [9.17, 15) is 4.79 Å². The van der Waals surface area contributed by atoms with Crippen LogP contribution in [0.25, 0.3) is 0 Å². The first-order chi connectivity index (χ1) is 11.7. The molecule has 126 valence electrons. The van der Waals surface area contributed by atoms with Crippen LogP contribution in [0.4, 0.5) is 5.82 Å². The van der Waals surface area contributed by atoms with E-state index in [1.54, 1.807) is 11.3 Å². The van der Waals surface area contributed by atoms with Crippen LogP contribution < -0.4 is 4.90 Å². The predicted molar refractivity (Wildman–Crippen MR) is 97.9 cm³/mol. The van der Waals surface area contributed by atoms with E-state index in [2.05, 4.69) is 22.9 Å². The van der Waals surface area contributed by atoms with Crippen molar-refractivity contribution >= 4 is 23.1 Å². The number of carbonyl (C=O) groups is 1. The number of anilines is 1. The maximum absolute atomic E-state index is 12.8. The average molecular weight is 341 g/mol. The number of aryl methyl sites for hydroxylation is 1. The Balaban J connectivity index is 1.42. The van der Waals surface area contributed by atoms with Crippen molar-refractivity contribution < 1.29 is 4.79 Å². The largest absolute Gasteiger partial charge is 0.353 e. The Morgan fingerprint density at radius 1 is 1.25 bits per heavy atom. The Morgan fingerprint density at radius 2 is 2.08 bits per heavy atom. The summed E-state index contributed by atoms with van der Waals surface area (Å²) >= 11 is 1.72. The summed E-state index contributed by atoms with van der Waals surface area (Å²) in [6, 6.07) is 8.13. The molecule has 0 N–H and O–H groups in total. The fourth-order valence-electron chi connectivity index (χ4n) is 3.65. The van der Waals surface area contributed by atoms with Crippen molar-refractivity contribution in [2.45, 2.75) is 26.2 Å². The quantitative estimate of drug-likeness (QED) is 0.841. The minimum Gasteiger partial charge on any atom is -0.353 e. The van der Waals surface area contributed by atoms with Crippen molar-refractivity contribution in [1.29, 1.82) is 0 Å². The van der Waals surface area contributed by atoms with Gasteiger partial charge in [-0.15, -0.1) is 11.3 Å². The fraction of sp³-hybridized carbons (Fsp3) is 0.474. The third-order valence-electron chi connectivity index (χ3n) is 5.08. The van der Waals surface area contributed by atoms with Crippen molar-refractivity contribution in [1.82, 2.24) is 9.88 Å². The summed E-state index contributed by atoms with van der Waals surface area (Å²) in [5, 5.41) is 0. The number of pyridine rings is 1. The SMILES string of the molecule is C[C@@H]1CCc2sc(C(=O)N3CCN(c4ccccn4)CC3)cc2C1. The molecule has 2 aromatic heterocycles. The van der Waals surface area contributed by atoms with Crippen LogP contribution in [0.15, 0.2) is 30.5 Å². The zero-order valence-electron chi connectivity index (χ0n) is 14.1. The van der Waals surface area contributed by atoms with E-state index in [1.165, 1.54) is 16.9 Å². The van der Waals surface area contributed by atoms with Crippen LogP contribution in [0, 0.1) is 5.92 Å². The lowest BCUT2D eigenvalue weighted by Gasteiger charge is -2.35. The zero-order valence-corrected chi connectivity index (χ0v) is 14.9. The molecule has 0 spiro atoms. The number of hydrogen-bond acceptors (Lipinski definition) is 4. The Bertz CT molecular complexity index is 719. The second kappa shape index (κ2) is 6.55. The molecule has 1 amide bonds. The van der Waals surface area contributed by atoms with Crippen molar-refractivity contribution in [3.8, 4) is 0 Å². The summed E-state index contributed by atoms with van der Waals surface area (Å²) in [7, 11) is 0. The summed E-state index contributed by atoms with van der Waals surface area (Å²) in [5.41, 5.74) is 1.41. The molecular weight excluding hydrogens is 318 g/mol. The molecule has 3 heterocycles. The Kier molecular flexibility index (Phi) is 4.27. The number of carbonyl (C=O) groups excluding carboxylic acids is 1. The van der Waals surface area contributed by atoms with E-state index in [0.717, 1.165) is 55.6 Å². The molecule has 0 saturated carbocycles. The third kappa shape index (κ3) is 3.05. The van der Waals surface area contributed by atoms with Gasteiger partial charge in [0.25, 0.3) is 5.91 Å². The van der Waals surface area contributed by atoms with Gasteiger partial charge in [-0.3, -0.25) is 4.79 Å². The number of thiophene rings is 1. The van der Waals surface area contributed by atoms with Gasteiger partial charge >= 0.3 is 0 Å². The second-order valence-electron chi connectivity index (χ2n) is 6.87. The van der Waals surface area contributed by atoms with Gasteiger partial charge < -0.3 is 9.80 Å². The average Bonchev–Trinajstić information content (AvgIpc) is 3.05. The molecule has 2 aliphatic rings. The van der Waals surface area contributed by atoms with Crippen LogP contribution in [-0.4, -0.2) is 42.0 Å². The summed E-state index contributed by atoms with van der Waals surface area (Å²) in [4.78, 5) is 23.9. The number of nitrogens with zero attached hydrogens (tertiary/aromatic N) is 3. The maximum Gasteiger partial charge on any atom is 0.264 e. The summed E-state index contributed by atoms with van der Waals surface area (Å²) in [6.45, 7) is 5.55. The molecule has 1 atom stereocenters. The van der Waals surface area contributed by atoms with Gasteiger partial charge in [0.05, 0.1) is 4.88 Å². The number of piperazine rings is 1. The van der Waals surface area contributed by atoms with E-state index < -0.39 is 0 Å². The number of aromatic nitrogens is 1. The van der Waals surface area contributed by atoms with Gasteiger partial charge in [-0.2, -0.15) is 0 Å². The zero-order chi connectivity index (χ0) is 16.5. The highest BCUT2D eigenvalue weighted by atomic mass is 32.1. The molecule has 4 rings (SSSR count). The Labute approximate surface area is 147 Å². The molecule has 2 aromatic rings. The van der Waals surface area contributed by atoms with Crippen LogP contribution in [0.1, 0.15) is 33.5 Å². The van der Waals surface area contributed by atoms with Crippen LogP contribution >= 0.6 is 11.3 Å². The lowest BCUT2D eigenvalue weighted by Crippen LogP contribution is -2.48. The first kappa shape index (κ1) is 15.6. The van der Waals surface area contributed by atoms with Crippen LogP contribution in [-0.2, 0) is 12.8 Å². The van der Waals surface area contributed by atoms with E-state index in [0.29, 0.717) is 0 Å². The highest BCUT2D eigenvalue weighted by molar-refractivity contribution is 7.14. The second-order valence-corrected chi connectivity index (χ2v) is 8.01. The Morgan fingerprint density at radius 3 is 2.83 bits per heavy atom. The molecule has 1 fully saturated rings. The van der Waals surface area contributed by atoms with Crippen LogP contribution in [0.5, 0.6) is 0 Å². The van der Waals surface area contributed by atoms with E-state index in [-0.39, 0.29) is 5.91 Å². The van der Waals surface area contributed by atoms with Gasteiger partial charge in [0.1, 0.15) is 5.82 Å². The number of hydrogen-bond donors (Lipinski definition) is 0. The smallest absolute Gasteiger partial charge is 0.264 e. The highest BCUT2D eigenvalue weighted by Crippen LogP contribution is 2.32. The fourth-order valence-corrected chi connectivity index (χ4v) is 4.82. The minimum atomic E-state index is 0.211. The first-order valence-corrected chi connectivity index (χ1v) is 9.59. The molecule has 0 radical (unpaired) electrons. The third-order valence-corrected chi connectivity index (χ3v) is 6.31. The van der Waals surface area contributed by atoms with Crippen molar-refractivity contribution in [3.05, 3.63) is 45.8 Å². The Hall–Kier alpha value is -1.88. The van der Waals surface area contributed by atoms with Crippen molar-refractivity contribution in [2.24, 2.45) is 5.92 Å². The highest BCUT2D eigenvalue weighted by Gasteiger charge is 2.26. The van der Waals surface area contributed by atoms with Gasteiger partial charge in [0.2, 0.25) is 0 Å². The van der Waals surface area contributed by atoms with Gasteiger partial charge in [0.15, 0.2) is 0 Å². The van der Waals surface area contributed by atoms with Crippen LogP contribution in [0.2, 0.25) is 0 Å². The number of rotatable bonds is 2. The van der Waals surface area contributed by atoms with Gasteiger partial charge in [0, 0.05) is 37.3 Å². The first-order valence-electron chi connectivity index (χ1n) is 8.77. The van der Waals surface area contributed by atoms with Gasteiger partial charge in [-0.25, -0.2) is 4.98 Å². The summed E-state index contributed by atoms with van der Waals surface area (Å²) < 4.78 is 0. The molecule has 0 bridgehead atoms. The van der Waals surface area contributed by atoms with Crippen molar-refractivity contribution in [3.63, 3.8) is 0 Å². The van der Waals surface area contributed by atoms with Crippen LogP contribution in [0.3, 0.4) is 0 Å². The lowest BCUT2D eigenvalue weighted by molar-refractivity contribution is 0.0751. The van der Waals surface area contributed by atoms with E-state index >= 15 is 0 Å². The predicted octanol–water partition coefficient (Wildman–Crippen LogP) is 3.23. The number of fused-ring (bicyclic) bond motifs is 1. The van der Waals surface area contributed by atoms with Gasteiger partial charge in [-0.05, 0) is 48.9 Å². The molecule has 4 nitrogen and oxygen atoms in total. The molecule has 5 heteroatoms. The van der Waals surface area contributed by atoms with Gasteiger partial charge in [-0.1, -0.05) is 13.0 Å². The molecule has 0 aromatic carbocycles. The molecule has 1 aliphatic heterocycles. The molecular formula is C19H23N3OS. The normalized spacial score (nSPS) is 20.8. The molecule has 1 saturated heterocycles. The summed E-state index contributed by atoms with van der Waals surface area (Å²) in [6.07, 6.45) is 5.35. The molecule has 24 heavy (non-hydrogen) atoms. The standard InChI is InChI=1S/C19H23N3OS/c1-14-5-6-16-15(12-14)13-17(24-16)19(23)22-10-8-21(9-11-22)18-4-2-3-7-20-18/h2-4,7,13-14H,5-6,8-12H2,1H3/t14-/m1/s1. The number of amides is 1. The monoisotopic (exact) mass is 341 g/mol. The van der Waals surface area contributed by atoms with E-state index in [4.69, 9.17) is 0 Å². The summed E-state index contributed by atoms with van der Waals surface area (Å²) in [5.74, 6) is 1.96. The maximum atomic E-state index is 12.8. The van der Waals surface area contributed by atoms with Crippen molar-refractivity contribution in [2.75, 3.05) is 31.1 Å². The minimum absolute atomic E-state index is 0.211. The lowest BCUT2D eigenvalue weighted by atomic mass is 9.90. The van der Waals surface area contributed by atoms with E-state index in [1.807, 2.05) is 29.3 Å². The molecule has 1 aliphatic carbocycles. The molecule has 0 unspecified atom stereocenters.